The summed E-state index contributed by atoms with van der Waals surface area (Å²) in [5, 5.41) is 16.1. The van der Waals surface area contributed by atoms with Crippen molar-refractivity contribution >= 4 is 5.71 Å². The predicted molar refractivity (Wildman–Crippen MR) is 57.6 cm³/mol. The van der Waals surface area contributed by atoms with Crippen molar-refractivity contribution in [3.8, 4) is 6.07 Å². The number of nitriles is 1. The van der Waals surface area contributed by atoms with Crippen LogP contribution >= 0.6 is 0 Å². The normalized spacial score (nSPS) is 12.1. The molecule has 88 valence electrons. The van der Waals surface area contributed by atoms with E-state index in [-0.39, 0.29) is 5.71 Å². The standard InChI is InChI=1S/C12H9F3N2/c1-8(6-7-16)11(17)9-2-4-10(5-3-9)12(13,14)15/h2-6,17H,1H3/b8-6-,17-11?. The Morgan fingerprint density at radius 3 is 2.24 bits per heavy atom. The van der Waals surface area contributed by atoms with Crippen molar-refractivity contribution in [2.45, 2.75) is 13.1 Å². The second kappa shape index (κ2) is 4.83. The van der Waals surface area contributed by atoms with Crippen molar-refractivity contribution in [3.05, 3.63) is 47.0 Å². The molecule has 0 unspecified atom stereocenters. The molecule has 0 saturated carbocycles. The molecule has 0 aromatic heterocycles. The summed E-state index contributed by atoms with van der Waals surface area (Å²) in [6.45, 7) is 1.56. The van der Waals surface area contributed by atoms with Gasteiger partial charge in [-0.15, -0.1) is 0 Å². The Labute approximate surface area is 96.5 Å². The minimum Gasteiger partial charge on any atom is -0.300 e. The van der Waals surface area contributed by atoms with Crippen LogP contribution in [0.5, 0.6) is 0 Å². The zero-order valence-electron chi connectivity index (χ0n) is 8.97. The summed E-state index contributed by atoms with van der Waals surface area (Å²) < 4.78 is 36.9. The highest BCUT2D eigenvalue weighted by Crippen LogP contribution is 2.29. The number of hydrogen-bond donors (Lipinski definition) is 1. The molecule has 1 aromatic rings. The maximum Gasteiger partial charge on any atom is 0.416 e. The van der Waals surface area contributed by atoms with Gasteiger partial charge in [-0.05, 0) is 30.2 Å². The van der Waals surface area contributed by atoms with E-state index in [2.05, 4.69) is 0 Å². The average Bonchev–Trinajstić information content (AvgIpc) is 2.27. The Hall–Kier alpha value is -2.09. The van der Waals surface area contributed by atoms with Crippen LogP contribution in [0.3, 0.4) is 0 Å². The smallest absolute Gasteiger partial charge is 0.300 e. The lowest BCUT2D eigenvalue weighted by Crippen LogP contribution is -2.06. The fraction of sp³-hybridized carbons (Fsp3) is 0.167. The second-order valence-electron chi connectivity index (χ2n) is 3.41. The van der Waals surface area contributed by atoms with Crippen molar-refractivity contribution in [2.24, 2.45) is 0 Å². The lowest BCUT2D eigenvalue weighted by atomic mass is 10.0. The summed E-state index contributed by atoms with van der Waals surface area (Å²) >= 11 is 0. The first-order valence-electron chi connectivity index (χ1n) is 4.69. The molecule has 1 N–H and O–H groups in total. The van der Waals surface area contributed by atoms with Gasteiger partial charge in [0.05, 0.1) is 17.3 Å². The van der Waals surface area contributed by atoms with Crippen LogP contribution in [0.25, 0.3) is 0 Å². The van der Waals surface area contributed by atoms with Crippen molar-refractivity contribution in [3.63, 3.8) is 0 Å². The molecule has 0 atom stereocenters. The Morgan fingerprint density at radius 1 is 1.29 bits per heavy atom. The van der Waals surface area contributed by atoms with Crippen LogP contribution < -0.4 is 0 Å². The molecule has 0 spiro atoms. The summed E-state index contributed by atoms with van der Waals surface area (Å²) in [4.78, 5) is 0. The highest BCUT2D eigenvalue weighted by molar-refractivity contribution is 6.10. The summed E-state index contributed by atoms with van der Waals surface area (Å²) in [6, 6.07) is 6.06. The van der Waals surface area contributed by atoms with Gasteiger partial charge in [-0.3, -0.25) is 5.41 Å². The van der Waals surface area contributed by atoms with Gasteiger partial charge in [0.15, 0.2) is 0 Å². The van der Waals surface area contributed by atoms with E-state index in [1.165, 1.54) is 18.2 Å². The number of nitrogens with zero attached hydrogens (tertiary/aromatic N) is 1. The van der Waals surface area contributed by atoms with Crippen LogP contribution in [0.15, 0.2) is 35.9 Å². The first kappa shape index (κ1) is 13.0. The third kappa shape index (κ3) is 3.18. The number of allylic oxidation sites excluding steroid dienone is 2. The van der Waals surface area contributed by atoms with Gasteiger partial charge in [-0.1, -0.05) is 12.1 Å². The number of hydrogen-bond acceptors (Lipinski definition) is 2. The zero-order chi connectivity index (χ0) is 13.1. The minimum absolute atomic E-state index is 0.0419. The van der Waals surface area contributed by atoms with Crippen LogP contribution in [-0.4, -0.2) is 5.71 Å². The topological polar surface area (TPSA) is 47.6 Å². The number of benzene rings is 1. The minimum atomic E-state index is -4.38. The largest absolute Gasteiger partial charge is 0.416 e. The fourth-order valence-electron chi connectivity index (χ4n) is 1.22. The van der Waals surface area contributed by atoms with E-state index < -0.39 is 11.7 Å². The van der Waals surface area contributed by atoms with Gasteiger partial charge < -0.3 is 0 Å². The van der Waals surface area contributed by atoms with E-state index in [9.17, 15) is 13.2 Å². The molecule has 17 heavy (non-hydrogen) atoms. The van der Waals surface area contributed by atoms with Gasteiger partial charge in [0, 0.05) is 6.08 Å². The fourth-order valence-corrected chi connectivity index (χ4v) is 1.22. The highest BCUT2D eigenvalue weighted by atomic mass is 19.4. The molecule has 5 heteroatoms. The number of nitrogens with one attached hydrogen (secondary N) is 1. The molecular weight excluding hydrogens is 229 g/mol. The van der Waals surface area contributed by atoms with Crippen LogP contribution in [0, 0.1) is 16.7 Å². The molecule has 0 aliphatic heterocycles. The van der Waals surface area contributed by atoms with Gasteiger partial charge in [-0.2, -0.15) is 18.4 Å². The van der Waals surface area contributed by atoms with E-state index in [1.807, 2.05) is 0 Å². The van der Waals surface area contributed by atoms with E-state index in [4.69, 9.17) is 10.7 Å². The molecule has 2 nitrogen and oxygen atoms in total. The van der Waals surface area contributed by atoms with Crippen LogP contribution in [0.1, 0.15) is 18.1 Å². The summed E-state index contributed by atoms with van der Waals surface area (Å²) in [5.74, 6) is 0. The quantitative estimate of drug-likeness (QED) is 0.621. The molecule has 1 rings (SSSR count). The molecular formula is C12H9F3N2. The van der Waals surface area contributed by atoms with Gasteiger partial charge in [0.25, 0.3) is 0 Å². The first-order valence-corrected chi connectivity index (χ1v) is 4.69. The predicted octanol–water partition coefficient (Wildman–Crippen LogP) is 3.54. The summed E-state index contributed by atoms with van der Waals surface area (Å²) in [5.41, 5.74) is 0.0468. The molecule has 0 heterocycles. The van der Waals surface area contributed by atoms with E-state index >= 15 is 0 Å². The average molecular weight is 238 g/mol. The van der Waals surface area contributed by atoms with Gasteiger partial charge in [-0.25, -0.2) is 0 Å². The molecule has 0 bridgehead atoms. The third-order valence-electron chi connectivity index (χ3n) is 2.18. The summed E-state index contributed by atoms with van der Waals surface area (Å²) in [7, 11) is 0. The molecule has 0 radical (unpaired) electrons. The Bertz CT molecular complexity index is 490. The van der Waals surface area contributed by atoms with Crippen LogP contribution in [0.4, 0.5) is 13.2 Å². The molecule has 0 aliphatic carbocycles. The van der Waals surface area contributed by atoms with E-state index in [1.54, 1.807) is 13.0 Å². The second-order valence-corrected chi connectivity index (χ2v) is 3.41. The lowest BCUT2D eigenvalue weighted by molar-refractivity contribution is -0.137. The third-order valence-corrected chi connectivity index (χ3v) is 2.18. The van der Waals surface area contributed by atoms with E-state index in [0.717, 1.165) is 12.1 Å². The van der Waals surface area contributed by atoms with Crippen molar-refractivity contribution in [1.29, 1.82) is 10.7 Å². The molecule has 1 aromatic carbocycles. The van der Waals surface area contributed by atoms with Crippen molar-refractivity contribution in [1.82, 2.24) is 0 Å². The van der Waals surface area contributed by atoms with E-state index in [0.29, 0.717) is 11.1 Å². The zero-order valence-corrected chi connectivity index (χ0v) is 8.97. The number of alkyl halides is 3. The Balaban J connectivity index is 3.01. The van der Waals surface area contributed by atoms with Crippen molar-refractivity contribution in [2.75, 3.05) is 0 Å². The van der Waals surface area contributed by atoms with Crippen LogP contribution in [0.2, 0.25) is 0 Å². The van der Waals surface area contributed by atoms with Crippen molar-refractivity contribution < 1.29 is 13.2 Å². The molecule has 0 amide bonds. The molecule has 0 aliphatic rings. The molecule has 0 saturated heterocycles. The molecule has 0 fully saturated rings. The highest BCUT2D eigenvalue weighted by Gasteiger charge is 2.30. The maximum absolute atomic E-state index is 12.3. The SMILES string of the molecule is C/C(=C/C#N)C(=N)c1ccc(C(F)(F)F)cc1. The van der Waals surface area contributed by atoms with Gasteiger partial charge in [0.2, 0.25) is 0 Å². The lowest BCUT2D eigenvalue weighted by Gasteiger charge is -2.08. The number of halogens is 3. The monoisotopic (exact) mass is 238 g/mol. The Morgan fingerprint density at radius 2 is 1.82 bits per heavy atom. The first-order chi connectivity index (χ1) is 7.86. The maximum atomic E-state index is 12.3. The van der Waals surface area contributed by atoms with Gasteiger partial charge >= 0.3 is 6.18 Å². The van der Waals surface area contributed by atoms with Crippen LogP contribution in [-0.2, 0) is 6.18 Å². The Kier molecular flexibility index (Phi) is 3.69. The summed E-state index contributed by atoms with van der Waals surface area (Å²) in [6.07, 6.45) is -3.20. The van der Waals surface area contributed by atoms with Gasteiger partial charge in [0.1, 0.15) is 0 Å². The number of rotatable bonds is 2.